The lowest BCUT2D eigenvalue weighted by atomic mass is 10.1. The molecule has 0 radical (unpaired) electrons. The van der Waals surface area contributed by atoms with Gasteiger partial charge in [-0.2, -0.15) is 0 Å². The molecule has 26 heavy (non-hydrogen) atoms. The van der Waals surface area contributed by atoms with Gasteiger partial charge in [-0.1, -0.05) is 18.2 Å². The highest BCUT2D eigenvalue weighted by Crippen LogP contribution is 2.23. The molecular formula is C19H17FN6. The van der Waals surface area contributed by atoms with Crippen molar-refractivity contribution in [3.8, 4) is 0 Å². The van der Waals surface area contributed by atoms with E-state index < -0.39 is 0 Å². The fourth-order valence-corrected chi connectivity index (χ4v) is 2.79. The number of nitrogens with zero attached hydrogens (tertiary/aromatic N) is 4. The normalized spacial score (nSPS) is 11.0. The van der Waals surface area contributed by atoms with Crippen LogP contribution in [0.2, 0.25) is 0 Å². The fourth-order valence-electron chi connectivity index (χ4n) is 2.79. The lowest BCUT2D eigenvalue weighted by Crippen LogP contribution is -2.02. The van der Waals surface area contributed by atoms with Crippen LogP contribution in [0.15, 0.2) is 61.2 Å². The molecule has 3 N–H and O–H groups in total. The Kier molecular flexibility index (Phi) is 4.18. The monoisotopic (exact) mass is 348 g/mol. The summed E-state index contributed by atoms with van der Waals surface area (Å²) in [6.45, 7) is 0.691. The molecule has 7 heteroatoms. The van der Waals surface area contributed by atoms with Gasteiger partial charge in [-0.05, 0) is 42.3 Å². The summed E-state index contributed by atoms with van der Waals surface area (Å²) in [6.07, 6.45) is 4.01. The molecule has 4 aromatic rings. The van der Waals surface area contributed by atoms with Crippen molar-refractivity contribution >= 4 is 28.4 Å². The lowest BCUT2D eigenvalue weighted by molar-refractivity contribution is 0.625. The van der Waals surface area contributed by atoms with Crippen molar-refractivity contribution in [3.63, 3.8) is 0 Å². The van der Waals surface area contributed by atoms with Crippen LogP contribution in [0.1, 0.15) is 5.56 Å². The van der Waals surface area contributed by atoms with Crippen LogP contribution in [0.25, 0.3) is 11.2 Å². The number of benzene rings is 2. The van der Waals surface area contributed by atoms with Crippen molar-refractivity contribution < 1.29 is 4.39 Å². The van der Waals surface area contributed by atoms with Crippen molar-refractivity contribution in [1.29, 1.82) is 0 Å². The quantitative estimate of drug-likeness (QED) is 0.539. The Morgan fingerprint density at radius 2 is 1.88 bits per heavy atom. The van der Waals surface area contributed by atoms with Gasteiger partial charge in [-0.15, -0.1) is 0 Å². The molecule has 0 spiro atoms. The van der Waals surface area contributed by atoms with Crippen molar-refractivity contribution in [3.05, 3.63) is 72.6 Å². The van der Waals surface area contributed by atoms with Gasteiger partial charge in [0.15, 0.2) is 17.0 Å². The number of anilines is 3. The summed E-state index contributed by atoms with van der Waals surface area (Å²) in [4.78, 5) is 13.1. The second-order valence-corrected chi connectivity index (χ2v) is 5.96. The molecular weight excluding hydrogens is 331 g/mol. The largest absolute Gasteiger partial charge is 0.399 e. The van der Waals surface area contributed by atoms with E-state index in [1.807, 2.05) is 28.8 Å². The first-order valence-electron chi connectivity index (χ1n) is 8.22. The molecule has 0 aliphatic heterocycles. The van der Waals surface area contributed by atoms with E-state index in [2.05, 4.69) is 20.3 Å². The first kappa shape index (κ1) is 16.0. The second kappa shape index (κ2) is 6.79. The number of nitrogens with two attached hydrogens (primary N) is 1. The predicted octanol–water partition coefficient (Wildman–Crippen LogP) is 3.53. The van der Waals surface area contributed by atoms with Crippen molar-refractivity contribution in [1.82, 2.24) is 19.5 Å². The number of hydrogen-bond acceptors (Lipinski definition) is 5. The molecule has 0 unspecified atom stereocenters. The van der Waals surface area contributed by atoms with Crippen LogP contribution >= 0.6 is 0 Å². The third-order valence-corrected chi connectivity index (χ3v) is 4.11. The number of rotatable bonds is 5. The minimum atomic E-state index is -0.230. The van der Waals surface area contributed by atoms with Gasteiger partial charge in [0.1, 0.15) is 12.1 Å². The summed E-state index contributed by atoms with van der Waals surface area (Å²) in [5.74, 6) is 0.396. The minimum absolute atomic E-state index is 0.230. The third-order valence-electron chi connectivity index (χ3n) is 4.11. The SMILES string of the molecule is Nc1cccc(Nc2ncnc3c2ncn3CCc2ccc(F)cc2)c1. The third kappa shape index (κ3) is 3.32. The molecule has 0 fully saturated rings. The van der Waals surface area contributed by atoms with Gasteiger partial charge in [0, 0.05) is 17.9 Å². The molecule has 4 rings (SSSR count). The Bertz CT molecular complexity index is 1040. The highest BCUT2D eigenvalue weighted by Gasteiger charge is 2.10. The van der Waals surface area contributed by atoms with Gasteiger partial charge in [-0.3, -0.25) is 0 Å². The van der Waals surface area contributed by atoms with E-state index in [4.69, 9.17) is 5.73 Å². The van der Waals surface area contributed by atoms with Crippen LogP contribution < -0.4 is 11.1 Å². The number of aryl methyl sites for hydroxylation is 2. The topological polar surface area (TPSA) is 81.7 Å². The molecule has 0 saturated carbocycles. The van der Waals surface area contributed by atoms with Crippen LogP contribution in [-0.2, 0) is 13.0 Å². The predicted molar refractivity (Wildman–Crippen MR) is 99.6 cm³/mol. The molecule has 6 nitrogen and oxygen atoms in total. The molecule has 0 saturated heterocycles. The van der Waals surface area contributed by atoms with E-state index in [9.17, 15) is 4.39 Å². The van der Waals surface area contributed by atoms with Crippen LogP contribution in [0.4, 0.5) is 21.6 Å². The van der Waals surface area contributed by atoms with Crippen molar-refractivity contribution in [2.75, 3.05) is 11.1 Å². The molecule has 0 atom stereocenters. The molecule has 2 heterocycles. The Morgan fingerprint density at radius 1 is 1.04 bits per heavy atom. The molecule has 0 aliphatic rings. The van der Waals surface area contributed by atoms with Crippen molar-refractivity contribution in [2.24, 2.45) is 0 Å². The summed E-state index contributed by atoms with van der Waals surface area (Å²) >= 11 is 0. The zero-order chi connectivity index (χ0) is 17.9. The number of aromatic nitrogens is 4. The van der Waals surface area contributed by atoms with Gasteiger partial charge >= 0.3 is 0 Å². The first-order valence-corrected chi connectivity index (χ1v) is 8.22. The molecule has 0 amide bonds. The van der Waals surface area contributed by atoms with E-state index in [1.54, 1.807) is 18.5 Å². The maximum Gasteiger partial charge on any atom is 0.165 e. The van der Waals surface area contributed by atoms with E-state index in [1.165, 1.54) is 18.5 Å². The van der Waals surface area contributed by atoms with Crippen LogP contribution in [-0.4, -0.2) is 19.5 Å². The van der Waals surface area contributed by atoms with Gasteiger partial charge < -0.3 is 15.6 Å². The maximum absolute atomic E-state index is 13.0. The second-order valence-electron chi connectivity index (χ2n) is 5.96. The number of halogens is 1. The van der Waals surface area contributed by atoms with Gasteiger partial charge in [-0.25, -0.2) is 19.3 Å². The average Bonchev–Trinajstić information content (AvgIpc) is 3.06. The molecule has 130 valence electrons. The smallest absolute Gasteiger partial charge is 0.165 e. The average molecular weight is 348 g/mol. The standard InChI is InChI=1S/C19H17FN6/c20-14-6-4-13(5-7-14)8-9-26-12-24-17-18(22-11-23-19(17)26)25-16-3-1-2-15(21)10-16/h1-7,10-12H,8-9,21H2,(H,22,23,25). The number of imidazole rings is 1. The highest BCUT2D eigenvalue weighted by atomic mass is 19.1. The number of fused-ring (bicyclic) bond motifs is 1. The molecule has 0 bridgehead atoms. The Balaban J connectivity index is 1.57. The molecule has 0 aliphatic carbocycles. The maximum atomic E-state index is 13.0. The minimum Gasteiger partial charge on any atom is -0.399 e. The van der Waals surface area contributed by atoms with Gasteiger partial charge in [0.05, 0.1) is 6.33 Å². The number of nitrogen functional groups attached to an aromatic ring is 1. The summed E-state index contributed by atoms with van der Waals surface area (Å²) < 4.78 is 15.0. The molecule has 2 aromatic carbocycles. The fraction of sp³-hybridized carbons (Fsp3) is 0.105. The number of nitrogens with one attached hydrogen (secondary N) is 1. The van der Waals surface area contributed by atoms with E-state index in [0.717, 1.165) is 23.3 Å². The zero-order valence-corrected chi connectivity index (χ0v) is 13.9. The first-order chi connectivity index (χ1) is 12.7. The Morgan fingerprint density at radius 3 is 2.69 bits per heavy atom. The van der Waals surface area contributed by atoms with E-state index in [0.29, 0.717) is 23.6 Å². The summed E-state index contributed by atoms with van der Waals surface area (Å²) in [5, 5.41) is 3.23. The Hall–Kier alpha value is -3.48. The van der Waals surface area contributed by atoms with E-state index >= 15 is 0 Å². The Labute approximate surface area is 149 Å². The summed E-state index contributed by atoms with van der Waals surface area (Å²) in [7, 11) is 0. The highest BCUT2D eigenvalue weighted by molar-refractivity contribution is 5.85. The van der Waals surface area contributed by atoms with Gasteiger partial charge in [0.25, 0.3) is 0 Å². The van der Waals surface area contributed by atoms with Gasteiger partial charge in [0.2, 0.25) is 0 Å². The number of hydrogen-bond donors (Lipinski definition) is 2. The van der Waals surface area contributed by atoms with E-state index in [-0.39, 0.29) is 5.82 Å². The summed E-state index contributed by atoms with van der Waals surface area (Å²) in [6, 6.07) is 14.0. The van der Waals surface area contributed by atoms with Crippen LogP contribution in [0, 0.1) is 5.82 Å². The van der Waals surface area contributed by atoms with Crippen molar-refractivity contribution in [2.45, 2.75) is 13.0 Å². The zero-order valence-electron chi connectivity index (χ0n) is 13.9. The molecule has 2 aromatic heterocycles. The van der Waals surface area contributed by atoms with Crippen LogP contribution in [0.3, 0.4) is 0 Å². The van der Waals surface area contributed by atoms with Crippen LogP contribution in [0.5, 0.6) is 0 Å². The summed E-state index contributed by atoms with van der Waals surface area (Å²) in [5.41, 5.74) is 9.82. The lowest BCUT2D eigenvalue weighted by Gasteiger charge is -2.07.